The highest BCUT2D eigenvalue weighted by Gasteiger charge is 2.02. The van der Waals surface area contributed by atoms with Crippen LogP contribution in [0.1, 0.15) is 19.8 Å². The standard InChI is InChI=1S/C11H12N2OS/c1-2-3-11(14)13-8-4-5-9-10(6-8)15-7-12-9/h4-7H,2-3H2,1H3,(H,13,14). The van der Waals surface area contributed by atoms with Crippen LogP contribution in [0.3, 0.4) is 0 Å². The number of thiazole rings is 1. The first-order valence-corrected chi connectivity index (χ1v) is 5.80. The van der Waals surface area contributed by atoms with Crippen molar-refractivity contribution >= 4 is 33.1 Å². The predicted octanol–water partition coefficient (Wildman–Crippen LogP) is 3.03. The number of nitrogens with one attached hydrogen (secondary N) is 1. The first-order valence-electron chi connectivity index (χ1n) is 4.92. The summed E-state index contributed by atoms with van der Waals surface area (Å²) in [5, 5.41) is 2.86. The quantitative estimate of drug-likeness (QED) is 0.863. The van der Waals surface area contributed by atoms with Crippen molar-refractivity contribution in [2.45, 2.75) is 19.8 Å². The molecule has 0 aliphatic rings. The molecule has 1 aromatic heterocycles. The number of aromatic nitrogens is 1. The Morgan fingerprint density at radius 1 is 1.53 bits per heavy atom. The molecule has 4 heteroatoms. The molecule has 2 aromatic rings. The van der Waals surface area contributed by atoms with Crippen LogP contribution in [0.25, 0.3) is 10.2 Å². The number of amides is 1. The van der Waals surface area contributed by atoms with Gasteiger partial charge >= 0.3 is 0 Å². The minimum Gasteiger partial charge on any atom is -0.326 e. The van der Waals surface area contributed by atoms with Crippen LogP contribution < -0.4 is 5.32 Å². The Morgan fingerprint density at radius 3 is 3.20 bits per heavy atom. The van der Waals surface area contributed by atoms with Gasteiger partial charge in [0.1, 0.15) is 0 Å². The van der Waals surface area contributed by atoms with E-state index in [4.69, 9.17) is 0 Å². The number of carbonyl (C=O) groups excluding carboxylic acids is 1. The summed E-state index contributed by atoms with van der Waals surface area (Å²) in [6, 6.07) is 5.77. The van der Waals surface area contributed by atoms with Crippen LogP contribution in [0.5, 0.6) is 0 Å². The molecule has 3 nitrogen and oxygen atoms in total. The Bertz CT molecular complexity index is 478. The summed E-state index contributed by atoms with van der Waals surface area (Å²) in [5.41, 5.74) is 3.64. The van der Waals surface area contributed by atoms with Gasteiger partial charge < -0.3 is 5.32 Å². The molecule has 2 rings (SSSR count). The van der Waals surface area contributed by atoms with Gasteiger partial charge in [0.2, 0.25) is 5.91 Å². The van der Waals surface area contributed by atoms with Gasteiger partial charge in [-0.25, -0.2) is 4.98 Å². The van der Waals surface area contributed by atoms with Gasteiger partial charge in [-0.15, -0.1) is 11.3 Å². The molecule has 0 spiro atoms. The molecule has 0 aliphatic heterocycles. The second-order valence-corrected chi connectivity index (χ2v) is 4.22. The van der Waals surface area contributed by atoms with Crippen LogP contribution in [0, 0.1) is 0 Å². The second-order valence-electron chi connectivity index (χ2n) is 3.33. The summed E-state index contributed by atoms with van der Waals surface area (Å²) in [5.74, 6) is 0.0707. The molecule has 78 valence electrons. The molecule has 15 heavy (non-hydrogen) atoms. The number of carbonyl (C=O) groups is 1. The highest BCUT2D eigenvalue weighted by molar-refractivity contribution is 7.16. The minimum absolute atomic E-state index is 0.0707. The third-order valence-electron chi connectivity index (χ3n) is 2.09. The van der Waals surface area contributed by atoms with Crippen LogP contribution in [-0.2, 0) is 4.79 Å². The van der Waals surface area contributed by atoms with Crippen molar-refractivity contribution in [3.05, 3.63) is 23.7 Å². The minimum atomic E-state index is 0.0707. The summed E-state index contributed by atoms with van der Waals surface area (Å²) in [7, 11) is 0. The Hall–Kier alpha value is -1.42. The van der Waals surface area contributed by atoms with Crippen LogP contribution in [0.4, 0.5) is 5.69 Å². The summed E-state index contributed by atoms with van der Waals surface area (Å²) >= 11 is 1.58. The molecule has 0 unspecified atom stereocenters. The molecular formula is C11H12N2OS. The second kappa shape index (κ2) is 4.40. The van der Waals surface area contributed by atoms with Crippen molar-refractivity contribution in [2.24, 2.45) is 0 Å². The van der Waals surface area contributed by atoms with Crippen molar-refractivity contribution in [1.29, 1.82) is 0 Å². The fourth-order valence-corrected chi connectivity index (χ4v) is 2.10. The van der Waals surface area contributed by atoms with Gasteiger partial charge in [0.05, 0.1) is 15.7 Å². The molecule has 0 saturated carbocycles. The van der Waals surface area contributed by atoms with Crippen LogP contribution in [-0.4, -0.2) is 10.9 Å². The van der Waals surface area contributed by atoms with E-state index in [9.17, 15) is 4.79 Å². The lowest BCUT2D eigenvalue weighted by atomic mass is 10.2. The van der Waals surface area contributed by atoms with E-state index in [0.717, 1.165) is 22.3 Å². The molecule has 1 amide bonds. The summed E-state index contributed by atoms with van der Waals surface area (Å²) in [6.45, 7) is 1.99. The van der Waals surface area contributed by atoms with Gasteiger partial charge in [0, 0.05) is 12.1 Å². The molecule has 1 N–H and O–H groups in total. The highest BCUT2D eigenvalue weighted by atomic mass is 32.1. The van der Waals surface area contributed by atoms with Crippen LogP contribution in [0.2, 0.25) is 0 Å². The number of benzene rings is 1. The van der Waals surface area contributed by atoms with Crippen LogP contribution in [0.15, 0.2) is 23.7 Å². The lowest BCUT2D eigenvalue weighted by molar-refractivity contribution is -0.116. The molecule has 0 fully saturated rings. The van der Waals surface area contributed by atoms with Crippen molar-refractivity contribution < 1.29 is 4.79 Å². The number of nitrogens with zero attached hydrogens (tertiary/aromatic N) is 1. The van der Waals surface area contributed by atoms with Crippen LogP contribution >= 0.6 is 11.3 Å². The van der Waals surface area contributed by atoms with E-state index in [0.29, 0.717) is 6.42 Å². The summed E-state index contributed by atoms with van der Waals surface area (Å²) in [6.07, 6.45) is 1.44. The zero-order valence-electron chi connectivity index (χ0n) is 8.49. The van der Waals surface area contributed by atoms with Gasteiger partial charge in [-0.3, -0.25) is 4.79 Å². The first kappa shape index (κ1) is 10.1. The molecule has 0 atom stereocenters. The highest BCUT2D eigenvalue weighted by Crippen LogP contribution is 2.21. The third-order valence-corrected chi connectivity index (χ3v) is 2.88. The maximum atomic E-state index is 11.4. The molecule has 0 saturated heterocycles. The Balaban J connectivity index is 2.17. The van der Waals surface area contributed by atoms with Gasteiger partial charge in [0.25, 0.3) is 0 Å². The van der Waals surface area contributed by atoms with Crippen molar-refractivity contribution in [1.82, 2.24) is 4.98 Å². The number of rotatable bonds is 3. The van der Waals surface area contributed by atoms with E-state index < -0.39 is 0 Å². The Labute approximate surface area is 92.1 Å². The SMILES string of the molecule is CCCC(=O)Nc1ccc2ncsc2c1. The lowest BCUT2D eigenvalue weighted by Crippen LogP contribution is -2.10. The first-order chi connectivity index (χ1) is 7.29. The van der Waals surface area contributed by atoms with E-state index in [2.05, 4.69) is 10.3 Å². The topological polar surface area (TPSA) is 42.0 Å². The van der Waals surface area contributed by atoms with Gasteiger partial charge in [-0.05, 0) is 24.6 Å². The maximum Gasteiger partial charge on any atom is 0.224 e. The maximum absolute atomic E-state index is 11.4. The van der Waals surface area contributed by atoms with E-state index in [1.807, 2.05) is 30.6 Å². The zero-order chi connectivity index (χ0) is 10.7. The normalized spacial score (nSPS) is 10.5. The number of hydrogen-bond donors (Lipinski definition) is 1. The Morgan fingerprint density at radius 2 is 2.40 bits per heavy atom. The molecule has 1 heterocycles. The van der Waals surface area contributed by atoms with Gasteiger partial charge in [-0.2, -0.15) is 0 Å². The number of hydrogen-bond acceptors (Lipinski definition) is 3. The molecule has 1 aromatic carbocycles. The van der Waals surface area contributed by atoms with Crippen molar-refractivity contribution in [3.8, 4) is 0 Å². The van der Waals surface area contributed by atoms with E-state index in [-0.39, 0.29) is 5.91 Å². The average Bonchev–Trinajstić information content (AvgIpc) is 2.65. The molecule has 0 radical (unpaired) electrons. The monoisotopic (exact) mass is 220 g/mol. The predicted molar refractivity (Wildman–Crippen MR) is 63.2 cm³/mol. The largest absolute Gasteiger partial charge is 0.326 e. The summed E-state index contributed by atoms with van der Waals surface area (Å²) in [4.78, 5) is 15.5. The van der Waals surface area contributed by atoms with Crippen molar-refractivity contribution in [2.75, 3.05) is 5.32 Å². The van der Waals surface area contributed by atoms with E-state index in [1.54, 1.807) is 11.3 Å². The number of anilines is 1. The Kier molecular flexibility index (Phi) is 2.97. The van der Waals surface area contributed by atoms with E-state index >= 15 is 0 Å². The molecular weight excluding hydrogens is 208 g/mol. The number of fused-ring (bicyclic) bond motifs is 1. The third kappa shape index (κ3) is 2.33. The lowest BCUT2D eigenvalue weighted by Gasteiger charge is -2.03. The van der Waals surface area contributed by atoms with Crippen molar-refractivity contribution in [3.63, 3.8) is 0 Å². The molecule has 0 bridgehead atoms. The molecule has 0 aliphatic carbocycles. The fraction of sp³-hybridized carbons (Fsp3) is 0.273. The fourth-order valence-electron chi connectivity index (χ4n) is 1.38. The van der Waals surface area contributed by atoms with E-state index in [1.165, 1.54) is 0 Å². The smallest absolute Gasteiger partial charge is 0.224 e. The average molecular weight is 220 g/mol. The zero-order valence-corrected chi connectivity index (χ0v) is 9.30. The summed E-state index contributed by atoms with van der Waals surface area (Å²) < 4.78 is 1.10. The van der Waals surface area contributed by atoms with Gasteiger partial charge in [-0.1, -0.05) is 6.92 Å². The van der Waals surface area contributed by atoms with Gasteiger partial charge in [0.15, 0.2) is 0 Å².